The molecule has 142 valence electrons. The number of carboxylic acid groups (broad SMARTS) is 1. The number of aliphatic carboxylic acids is 1. The van der Waals surface area contributed by atoms with Gasteiger partial charge in [-0.25, -0.2) is 4.79 Å². The molecule has 0 aromatic heterocycles. The van der Waals surface area contributed by atoms with Crippen LogP contribution in [0.5, 0.6) is 0 Å². The minimum absolute atomic E-state index is 0.131. The Labute approximate surface area is 149 Å². The van der Waals surface area contributed by atoms with Gasteiger partial charge in [-0.3, -0.25) is 9.59 Å². The molecule has 0 saturated heterocycles. The zero-order valence-corrected chi connectivity index (χ0v) is 14.9. The molecule has 0 spiro atoms. The summed E-state index contributed by atoms with van der Waals surface area (Å²) in [6.07, 6.45) is 9.39. The quantitative estimate of drug-likeness (QED) is 0.328. The highest BCUT2D eigenvalue weighted by molar-refractivity contribution is 5.81. The van der Waals surface area contributed by atoms with Crippen LogP contribution in [0.2, 0.25) is 0 Å². The van der Waals surface area contributed by atoms with E-state index in [2.05, 4.69) is 6.58 Å². The molecule has 0 aromatic rings. The van der Waals surface area contributed by atoms with Crippen LogP contribution in [-0.2, 0) is 23.9 Å². The molecule has 1 rings (SSSR count). The second-order valence-corrected chi connectivity index (χ2v) is 6.55. The van der Waals surface area contributed by atoms with Crippen LogP contribution in [-0.4, -0.2) is 36.2 Å². The Bertz CT molecular complexity index is 437. The van der Waals surface area contributed by atoms with Crippen molar-refractivity contribution in [3.8, 4) is 0 Å². The van der Waals surface area contributed by atoms with Crippen molar-refractivity contribution in [2.24, 2.45) is 11.8 Å². The third-order valence-corrected chi connectivity index (χ3v) is 4.60. The van der Waals surface area contributed by atoms with Crippen LogP contribution in [0.3, 0.4) is 0 Å². The third kappa shape index (κ3) is 9.27. The van der Waals surface area contributed by atoms with E-state index in [1.54, 1.807) is 0 Å². The lowest BCUT2D eigenvalue weighted by molar-refractivity contribution is -0.152. The summed E-state index contributed by atoms with van der Waals surface area (Å²) in [6.45, 7) is 4.21. The monoisotopic (exact) mass is 354 g/mol. The van der Waals surface area contributed by atoms with Gasteiger partial charge in [0, 0.05) is 6.08 Å². The van der Waals surface area contributed by atoms with Crippen molar-refractivity contribution >= 4 is 17.9 Å². The SMILES string of the molecule is C=CC(=O)OCCCCCCCCOC(=O)[C@H]1CC[C@H](C(=O)O)CC1. The van der Waals surface area contributed by atoms with Crippen molar-refractivity contribution in [1.29, 1.82) is 0 Å². The van der Waals surface area contributed by atoms with Crippen LogP contribution in [0.4, 0.5) is 0 Å². The number of hydrogen-bond donors (Lipinski definition) is 1. The highest BCUT2D eigenvalue weighted by Gasteiger charge is 2.30. The number of carbonyl (C=O) groups is 3. The average Bonchev–Trinajstić information content (AvgIpc) is 2.62. The van der Waals surface area contributed by atoms with E-state index in [-0.39, 0.29) is 23.8 Å². The number of ether oxygens (including phenoxy) is 2. The number of unbranched alkanes of at least 4 members (excludes halogenated alkanes) is 5. The van der Waals surface area contributed by atoms with Crippen LogP contribution >= 0.6 is 0 Å². The van der Waals surface area contributed by atoms with Crippen LogP contribution in [0.1, 0.15) is 64.2 Å². The molecule has 25 heavy (non-hydrogen) atoms. The summed E-state index contributed by atoms with van der Waals surface area (Å²) >= 11 is 0. The van der Waals surface area contributed by atoms with E-state index in [0.717, 1.165) is 38.5 Å². The summed E-state index contributed by atoms with van der Waals surface area (Å²) < 4.78 is 10.2. The zero-order valence-electron chi connectivity index (χ0n) is 14.9. The molecule has 1 saturated carbocycles. The summed E-state index contributed by atoms with van der Waals surface area (Å²) in [5, 5.41) is 8.95. The Balaban J connectivity index is 1.93. The highest BCUT2D eigenvalue weighted by atomic mass is 16.5. The zero-order chi connectivity index (χ0) is 18.5. The maximum Gasteiger partial charge on any atom is 0.330 e. The summed E-state index contributed by atoms with van der Waals surface area (Å²) in [5.74, 6) is -1.74. The lowest BCUT2D eigenvalue weighted by Gasteiger charge is -2.24. The van der Waals surface area contributed by atoms with Crippen LogP contribution in [0.25, 0.3) is 0 Å². The summed E-state index contributed by atoms with van der Waals surface area (Å²) in [7, 11) is 0. The smallest absolute Gasteiger partial charge is 0.330 e. The van der Waals surface area contributed by atoms with Crippen LogP contribution in [0.15, 0.2) is 12.7 Å². The highest BCUT2D eigenvalue weighted by Crippen LogP contribution is 2.29. The summed E-state index contributed by atoms with van der Waals surface area (Å²) in [5.41, 5.74) is 0. The van der Waals surface area contributed by atoms with Gasteiger partial charge in [0.1, 0.15) is 0 Å². The van der Waals surface area contributed by atoms with Crippen molar-refractivity contribution < 1.29 is 29.0 Å². The number of esters is 2. The van der Waals surface area contributed by atoms with E-state index in [4.69, 9.17) is 14.6 Å². The first-order valence-electron chi connectivity index (χ1n) is 9.23. The second kappa shape index (κ2) is 12.5. The largest absolute Gasteiger partial charge is 0.481 e. The maximum absolute atomic E-state index is 11.9. The topological polar surface area (TPSA) is 89.9 Å². The molecule has 6 nitrogen and oxygen atoms in total. The Morgan fingerprint density at radius 1 is 0.840 bits per heavy atom. The number of carboxylic acids is 1. The van der Waals surface area contributed by atoms with E-state index in [0.29, 0.717) is 38.9 Å². The van der Waals surface area contributed by atoms with E-state index in [1.165, 1.54) is 6.08 Å². The van der Waals surface area contributed by atoms with Gasteiger partial charge in [-0.15, -0.1) is 0 Å². The normalized spacial score (nSPS) is 19.8. The van der Waals surface area contributed by atoms with Gasteiger partial charge in [0.05, 0.1) is 25.0 Å². The van der Waals surface area contributed by atoms with Crippen LogP contribution in [0, 0.1) is 11.8 Å². The predicted molar refractivity (Wildman–Crippen MR) is 92.9 cm³/mol. The molecule has 6 heteroatoms. The maximum atomic E-state index is 11.9. The minimum atomic E-state index is -0.759. The molecule has 0 bridgehead atoms. The molecular formula is C19H30O6. The van der Waals surface area contributed by atoms with Gasteiger partial charge >= 0.3 is 17.9 Å². The van der Waals surface area contributed by atoms with Gasteiger partial charge in [-0.1, -0.05) is 32.3 Å². The van der Waals surface area contributed by atoms with Gasteiger partial charge < -0.3 is 14.6 Å². The molecule has 0 unspecified atom stereocenters. The van der Waals surface area contributed by atoms with E-state index < -0.39 is 5.97 Å². The fourth-order valence-corrected chi connectivity index (χ4v) is 3.01. The Hall–Kier alpha value is -1.85. The molecule has 1 fully saturated rings. The van der Waals surface area contributed by atoms with Gasteiger partial charge in [-0.05, 0) is 38.5 Å². The Morgan fingerprint density at radius 2 is 1.32 bits per heavy atom. The van der Waals surface area contributed by atoms with Crippen molar-refractivity contribution in [1.82, 2.24) is 0 Å². The standard InChI is InChI=1S/C19H30O6/c1-2-17(20)24-13-7-5-3-4-6-8-14-25-19(23)16-11-9-15(10-12-16)18(21)22/h2,15-16H,1,3-14H2,(H,21,22)/t15-,16-. The molecule has 1 N–H and O–H groups in total. The Morgan fingerprint density at radius 3 is 1.84 bits per heavy atom. The number of hydrogen-bond acceptors (Lipinski definition) is 5. The Kier molecular flexibility index (Phi) is 10.6. The van der Waals surface area contributed by atoms with Gasteiger partial charge in [0.2, 0.25) is 0 Å². The molecule has 0 radical (unpaired) electrons. The van der Waals surface area contributed by atoms with Crippen molar-refractivity contribution in [2.45, 2.75) is 64.2 Å². The molecule has 1 aliphatic carbocycles. The molecule has 0 amide bonds. The van der Waals surface area contributed by atoms with Crippen molar-refractivity contribution in [3.63, 3.8) is 0 Å². The fourth-order valence-electron chi connectivity index (χ4n) is 3.01. The first-order chi connectivity index (χ1) is 12.0. The fraction of sp³-hybridized carbons (Fsp3) is 0.737. The molecule has 0 atom stereocenters. The second-order valence-electron chi connectivity index (χ2n) is 6.55. The average molecular weight is 354 g/mol. The lowest BCUT2D eigenvalue weighted by Crippen LogP contribution is -2.27. The molecule has 0 aliphatic heterocycles. The molecule has 0 heterocycles. The number of carbonyl (C=O) groups excluding carboxylic acids is 2. The summed E-state index contributed by atoms with van der Waals surface area (Å²) in [6, 6.07) is 0. The van der Waals surface area contributed by atoms with Gasteiger partial charge in [0.15, 0.2) is 0 Å². The van der Waals surface area contributed by atoms with Crippen LogP contribution < -0.4 is 0 Å². The van der Waals surface area contributed by atoms with Gasteiger partial charge in [0.25, 0.3) is 0 Å². The van der Waals surface area contributed by atoms with Crippen molar-refractivity contribution in [2.75, 3.05) is 13.2 Å². The van der Waals surface area contributed by atoms with E-state index in [1.807, 2.05) is 0 Å². The first-order valence-corrected chi connectivity index (χ1v) is 9.23. The first kappa shape index (κ1) is 21.2. The van der Waals surface area contributed by atoms with Gasteiger partial charge in [-0.2, -0.15) is 0 Å². The molecule has 1 aliphatic rings. The lowest BCUT2D eigenvalue weighted by atomic mass is 9.82. The molecular weight excluding hydrogens is 324 g/mol. The predicted octanol–water partition coefficient (Wildman–Crippen LogP) is 3.49. The number of rotatable bonds is 12. The minimum Gasteiger partial charge on any atom is -0.481 e. The van der Waals surface area contributed by atoms with Crippen molar-refractivity contribution in [3.05, 3.63) is 12.7 Å². The van der Waals surface area contributed by atoms with E-state index in [9.17, 15) is 14.4 Å². The van der Waals surface area contributed by atoms with E-state index >= 15 is 0 Å². The third-order valence-electron chi connectivity index (χ3n) is 4.60. The summed E-state index contributed by atoms with van der Waals surface area (Å²) in [4.78, 5) is 33.7. The molecule has 0 aromatic carbocycles.